The van der Waals surface area contributed by atoms with Crippen LogP contribution in [0.15, 0.2) is 0 Å². The summed E-state index contributed by atoms with van der Waals surface area (Å²) >= 11 is 0. The smallest absolute Gasteiger partial charge is 0.216 e. The monoisotopic (exact) mass is 235 g/mol. The van der Waals surface area contributed by atoms with E-state index in [0.29, 0.717) is 12.5 Å². The van der Waals surface area contributed by atoms with Crippen LogP contribution in [-0.2, 0) is 10.0 Å². The maximum atomic E-state index is 11.5. The van der Waals surface area contributed by atoms with Gasteiger partial charge in [-0.2, -0.15) is 0 Å². The molecule has 0 amide bonds. The van der Waals surface area contributed by atoms with E-state index in [1.807, 2.05) is 0 Å². The Morgan fingerprint density at radius 2 is 2.13 bits per heavy atom. The van der Waals surface area contributed by atoms with Gasteiger partial charge in [-0.05, 0) is 31.6 Å². The summed E-state index contributed by atoms with van der Waals surface area (Å²) in [5.41, 5.74) is 0. The molecule has 0 spiro atoms. The van der Waals surface area contributed by atoms with Gasteiger partial charge < -0.3 is 5.11 Å². The fourth-order valence-corrected chi connectivity index (χ4v) is 2.93. The summed E-state index contributed by atoms with van der Waals surface area (Å²) in [7, 11) is -3.32. The van der Waals surface area contributed by atoms with Crippen molar-refractivity contribution in [2.75, 3.05) is 13.2 Å². The fourth-order valence-electron chi connectivity index (χ4n) is 1.98. The van der Waals surface area contributed by atoms with Crippen LogP contribution < -0.4 is 4.72 Å². The first-order valence-corrected chi connectivity index (χ1v) is 7.09. The summed E-state index contributed by atoms with van der Waals surface area (Å²) in [4.78, 5) is 0. The maximum absolute atomic E-state index is 11.5. The zero-order valence-corrected chi connectivity index (χ0v) is 10.3. The fraction of sp³-hybridized carbons (Fsp3) is 1.00. The molecule has 0 aromatic heterocycles. The van der Waals surface area contributed by atoms with Crippen molar-refractivity contribution in [3.05, 3.63) is 0 Å². The van der Waals surface area contributed by atoms with E-state index in [1.165, 1.54) is 13.3 Å². The van der Waals surface area contributed by atoms with Crippen LogP contribution >= 0.6 is 0 Å². The molecule has 0 aliphatic heterocycles. The van der Waals surface area contributed by atoms with Crippen molar-refractivity contribution in [2.45, 2.75) is 38.4 Å². The molecule has 1 aliphatic rings. The van der Waals surface area contributed by atoms with Crippen molar-refractivity contribution in [3.8, 4) is 0 Å². The summed E-state index contributed by atoms with van der Waals surface area (Å²) in [6.45, 7) is 3.91. The molecule has 0 aromatic rings. The maximum Gasteiger partial charge on any atom is 0.216 e. The second kappa shape index (κ2) is 5.27. The average molecular weight is 235 g/mol. The van der Waals surface area contributed by atoms with Gasteiger partial charge in [0.1, 0.15) is 0 Å². The molecule has 0 bridgehead atoms. The quantitative estimate of drug-likeness (QED) is 0.738. The number of nitrogens with one attached hydrogen (secondary N) is 1. The van der Waals surface area contributed by atoms with Gasteiger partial charge >= 0.3 is 0 Å². The molecule has 2 N–H and O–H groups in total. The Morgan fingerprint density at radius 1 is 1.47 bits per heavy atom. The van der Waals surface area contributed by atoms with Gasteiger partial charge in [0.25, 0.3) is 0 Å². The van der Waals surface area contributed by atoms with Crippen molar-refractivity contribution in [1.82, 2.24) is 4.72 Å². The average Bonchev–Trinajstić information content (AvgIpc) is 2.60. The lowest BCUT2D eigenvalue weighted by Crippen LogP contribution is -2.37. The van der Waals surface area contributed by atoms with E-state index in [1.54, 1.807) is 0 Å². The Kier molecular flexibility index (Phi) is 4.55. The second-order valence-electron chi connectivity index (χ2n) is 4.67. The number of sulfonamides is 1. The van der Waals surface area contributed by atoms with Gasteiger partial charge in [-0.1, -0.05) is 13.3 Å². The van der Waals surface area contributed by atoms with Gasteiger partial charge in [0.2, 0.25) is 10.0 Å². The summed E-state index contributed by atoms with van der Waals surface area (Å²) in [6, 6.07) is 0. The molecule has 1 fully saturated rings. The molecule has 0 heterocycles. The molecule has 90 valence electrons. The molecule has 15 heavy (non-hydrogen) atoms. The van der Waals surface area contributed by atoms with E-state index in [0.717, 1.165) is 18.8 Å². The van der Waals surface area contributed by atoms with E-state index in [2.05, 4.69) is 11.6 Å². The third kappa shape index (κ3) is 3.74. The number of hydrogen-bond acceptors (Lipinski definition) is 3. The lowest BCUT2D eigenvalue weighted by molar-refractivity contribution is 0.294. The number of rotatable bonds is 5. The molecule has 3 atom stereocenters. The van der Waals surface area contributed by atoms with E-state index in [4.69, 9.17) is 5.11 Å². The Labute approximate surface area is 92.1 Å². The van der Waals surface area contributed by atoms with Crippen molar-refractivity contribution in [2.24, 2.45) is 11.8 Å². The molecule has 0 saturated heterocycles. The highest BCUT2D eigenvalue weighted by Crippen LogP contribution is 2.29. The predicted molar refractivity (Wildman–Crippen MR) is 60.0 cm³/mol. The second-order valence-corrected chi connectivity index (χ2v) is 6.85. The van der Waals surface area contributed by atoms with E-state index in [-0.39, 0.29) is 6.61 Å². The lowest BCUT2D eigenvalue weighted by atomic mass is 10.1. The molecule has 3 unspecified atom stereocenters. The van der Waals surface area contributed by atoms with Gasteiger partial charge in [-0.25, -0.2) is 13.1 Å². The topological polar surface area (TPSA) is 66.4 Å². The minimum Gasteiger partial charge on any atom is -0.395 e. The van der Waals surface area contributed by atoms with Crippen LogP contribution in [0.1, 0.15) is 33.1 Å². The summed E-state index contributed by atoms with van der Waals surface area (Å²) in [6.07, 6.45) is 3.41. The minimum atomic E-state index is -3.32. The predicted octanol–water partition coefficient (Wildman–Crippen LogP) is 0.723. The van der Waals surface area contributed by atoms with E-state index in [9.17, 15) is 8.42 Å². The minimum absolute atomic E-state index is 0.323. The van der Waals surface area contributed by atoms with Crippen molar-refractivity contribution >= 4 is 10.0 Å². The molecule has 5 heteroatoms. The first-order valence-electron chi connectivity index (χ1n) is 5.55. The zero-order valence-electron chi connectivity index (χ0n) is 9.44. The largest absolute Gasteiger partial charge is 0.395 e. The summed E-state index contributed by atoms with van der Waals surface area (Å²) < 4.78 is 25.6. The molecule has 0 radical (unpaired) electrons. The number of aliphatic hydroxyl groups excluding tert-OH is 1. The highest BCUT2D eigenvalue weighted by Gasteiger charge is 2.25. The van der Waals surface area contributed by atoms with Crippen LogP contribution in [0.4, 0.5) is 0 Å². The third-order valence-corrected chi connectivity index (χ3v) is 4.94. The van der Waals surface area contributed by atoms with Gasteiger partial charge in [0, 0.05) is 6.54 Å². The third-order valence-electron chi connectivity index (χ3n) is 3.16. The first-order chi connectivity index (χ1) is 6.95. The molecular weight excluding hydrogens is 214 g/mol. The Hall–Kier alpha value is -0.130. The van der Waals surface area contributed by atoms with E-state index < -0.39 is 15.3 Å². The number of aliphatic hydroxyl groups is 1. The van der Waals surface area contributed by atoms with Gasteiger partial charge in [-0.15, -0.1) is 0 Å². The molecular formula is C10H21NO3S. The molecule has 0 aromatic carbocycles. The van der Waals surface area contributed by atoms with Crippen molar-refractivity contribution < 1.29 is 13.5 Å². The van der Waals surface area contributed by atoms with Crippen LogP contribution in [0.5, 0.6) is 0 Å². The highest BCUT2D eigenvalue weighted by molar-refractivity contribution is 7.90. The van der Waals surface area contributed by atoms with Crippen LogP contribution in [0.3, 0.4) is 0 Å². The summed E-state index contributed by atoms with van der Waals surface area (Å²) in [5.74, 6) is 1.19. The lowest BCUT2D eigenvalue weighted by Gasteiger charge is -2.14. The van der Waals surface area contributed by atoms with Crippen LogP contribution in [0.2, 0.25) is 0 Å². The van der Waals surface area contributed by atoms with Crippen molar-refractivity contribution in [1.29, 1.82) is 0 Å². The summed E-state index contributed by atoms with van der Waals surface area (Å²) in [5, 5.41) is 8.07. The Morgan fingerprint density at radius 3 is 2.60 bits per heavy atom. The molecule has 4 nitrogen and oxygen atoms in total. The first kappa shape index (κ1) is 12.9. The van der Waals surface area contributed by atoms with E-state index >= 15 is 0 Å². The molecule has 1 rings (SSSR count). The Bertz CT molecular complexity index is 289. The molecule has 1 saturated carbocycles. The van der Waals surface area contributed by atoms with Crippen LogP contribution in [0.25, 0.3) is 0 Å². The van der Waals surface area contributed by atoms with Crippen molar-refractivity contribution in [3.63, 3.8) is 0 Å². The van der Waals surface area contributed by atoms with Crippen LogP contribution in [0, 0.1) is 11.8 Å². The van der Waals surface area contributed by atoms with Gasteiger partial charge in [-0.3, -0.25) is 0 Å². The SMILES string of the molecule is CC1CCC(CNS(=O)(=O)C(C)CO)C1. The zero-order chi connectivity index (χ0) is 11.5. The van der Waals surface area contributed by atoms with Crippen LogP contribution in [-0.4, -0.2) is 31.9 Å². The normalized spacial score (nSPS) is 29.3. The molecule has 1 aliphatic carbocycles. The standard InChI is InChI=1S/C10H21NO3S/c1-8-3-4-10(5-8)6-11-15(13,14)9(2)7-12/h8-12H,3-7H2,1-2H3. The van der Waals surface area contributed by atoms with Gasteiger partial charge in [0.15, 0.2) is 0 Å². The number of hydrogen-bond donors (Lipinski definition) is 2. The van der Waals surface area contributed by atoms with Gasteiger partial charge in [0.05, 0.1) is 11.9 Å². The highest BCUT2D eigenvalue weighted by atomic mass is 32.2. The Balaban J connectivity index is 2.36.